The van der Waals surface area contributed by atoms with Crippen molar-refractivity contribution < 1.29 is 19.1 Å². The fourth-order valence-electron chi connectivity index (χ4n) is 3.71. The summed E-state index contributed by atoms with van der Waals surface area (Å²) in [6.07, 6.45) is 0.939. The highest BCUT2D eigenvalue weighted by atomic mass is 32.1. The van der Waals surface area contributed by atoms with Gasteiger partial charge in [-0.1, -0.05) is 29.8 Å². The Morgan fingerprint density at radius 3 is 2.67 bits per heavy atom. The lowest BCUT2D eigenvalue weighted by Gasteiger charge is -2.26. The first kappa shape index (κ1) is 22.7. The van der Waals surface area contributed by atoms with Crippen molar-refractivity contribution in [1.29, 1.82) is 0 Å². The van der Waals surface area contributed by atoms with Crippen LogP contribution in [0.15, 0.2) is 47.8 Å². The maximum Gasteiger partial charge on any atom is 0.226 e. The van der Waals surface area contributed by atoms with E-state index < -0.39 is 0 Å². The summed E-state index contributed by atoms with van der Waals surface area (Å²) in [5.41, 5.74) is 4.21. The molecule has 4 rings (SSSR count). The summed E-state index contributed by atoms with van der Waals surface area (Å²) in [7, 11) is 0. The fraction of sp³-hybridized carbons (Fsp3) is 0.280. The number of Topliss-reactive ketones (excluding diaryl/α,β-unsaturated/α-hetero) is 1. The highest BCUT2D eigenvalue weighted by molar-refractivity contribution is 7.14. The van der Waals surface area contributed by atoms with Gasteiger partial charge < -0.3 is 15.4 Å². The van der Waals surface area contributed by atoms with Crippen molar-refractivity contribution in [3.63, 3.8) is 0 Å². The first-order valence-electron chi connectivity index (χ1n) is 10.8. The van der Waals surface area contributed by atoms with Crippen LogP contribution < -0.4 is 15.4 Å². The Kier molecular flexibility index (Phi) is 6.84. The van der Waals surface area contributed by atoms with E-state index in [1.807, 2.05) is 42.6 Å². The minimum absolute atomic E-state index is 0.0602. The van der Waals surface area contributed by atoms with Gasteiger partial charge in [-0.25, -0.2) is 4.98 Å². The molecule has 0 fully saturated rings. The molecule has 1 atom stereocenters. The van der Waals surface area contributed by atoms with Gasteiger partial charge in [-0.05, 0) is 25.1 Å². The normalized spacial score (nSPS) is 14.7. The third kappa shape index (κ3) is 5.64. The van der Waals surface area contributed by atoms with Gasteiger partial charge in [0, 0.05) is 48.3 Å². The number of rotatable bonds is 7. The molecular formula is C25H25N3O4S. The van der Waals surface area contributed by atoms with Gasteiger partial charge in [-0.15, -0.1) is 11.3 Å². The van der Waals surface area contributed by atoms with Crippen molar-refractivity contribution in [3.05, 3.63) is 64.5 Å². The summed E-state index contributed by atoms with van der Waals surface area (Å²) < 4.78 is 5.71. The average molecular weight is 464 g/mol. The number of fused-ring (bicyclic) bond motifs is 1. The van der Waals surface area contributed by atoms with Gasteiger partial charge in [0.25, 0.3) is 0 Å². The molecule has 33 heavy (non-hydrogen) atoms. The zero-order chi connectivity index (χ0) is 23.4. The van der Waals surface area contributed by atoms with Crippen LogP contribution in [0, 0.1) is 6.92 Å². The van der Waals surface area contributed by atoms with Crippen molar-refractivity contribution in [2.45, 2.75) is 39.2 Å². The van der Waals surface area contributed by atoms with Gasteiger partial charge in [0.15, 0.2) is 10.9 Å². The minimum Gasteiger partial charge on any atom is -0.493 e. The lowest BCUT2D eigenvalue weighted by molar-refractivity contribution is -0.120. The number of aromatic nitrogens is 1. The second-order valence-electron chi connectivity index (χ2n) is 8.02. The first-order chi connectivity index (χ1) is 15.9. The zero-order valence-corrected chi connectivity index (χ0v) is 19.3. The van der Waals surface area contributed by atoms with Crippen LogP contribution in [0.2, 0.25) is 0 Å². The molecule has 170 valence electrons. The molecule has 8 heteroatoms. The minimum atomic E-state index is -0.249. The van der Waals surface area contributed by atoms with Crippen LogP contribution in [0.25, 0.3) is 11.3 Å². The quantitative estimate of drug-likeness (QED) is 0.496. The molecule has 2 N–H and O–H groups in total. The third-order valence-electron chi connectivity index (χ3n) is 5.43. The molecule has 0 bridgehead atoms. The Labute approximate surface area is 196 Å². The van der Waals surface area contributed by atoms with Crippen LogP contribution in [0.3, 0.4) is 0 Å². The number of nitrogens with zero attached hydrogens (tertiary/aromatic N) is 1. The van der Waals surface area contributed by atoms with E-state index in [1.54, 1.807) is 12.1 Å². The lowest BCUT2D eigenvalue weighted by atomic mass is 9.97. The van der Waals surface area contributed by atoms with Crippen LogP contribution >= 0.6 is 11.3 Å². The average Bonchev–Trinajstić information content (AvgIpc) is 3.26. The molecular weight excluding hydrogens is 438 g/mol. The summed E-state index contributed by atoms with van der Waals surface area (Å²) in [6.45, 7) is 4.02. The zero-order valence-electron chi connectivity index (χ0n) is 18.5. The van der Waals surface area contributed by atoms with E-state index in [2.05, 4.69) is 15.6 Å². The Morgan fingerprint density at radius 2 is 1.91 bits per heavy atom. The van der Waals surface area contributed by atoms with Gasteiger partial charge in [-0.3, -0.25) is 14.4 Å². The van der Waals surface area contributed by atoms with Gasteiger partial charge in [0.1, 0.15) is 5.75 Å². The number of anilines is 1. The van der Waals surface area contributed by atoms with Crippen molar-refractivity contribution >= 4 is 34.1 Å². The van der Waals surface area contributed by atoms with Crippen molar-refractivity contribution in [2.75, 3.05) is 11.9 Å². The number of benzene rings is 2. The summed E-state index contributed by atoms with van der Waals surface area (Å²) in [4.78, 5) is 40.7. The molecule has 0 radical (unpaired) electrons. The number of carbonyl (C=O) groups excluding carboxylic acids is 3. The summed E-state index contributed by atoms with van der Waals surface area (Å²) in [5.74, 6) is 0.361. The highest BCUT2D eigenvalue weighted by Crippen LogP contribution is 2.36. The van der Waals surface area contributed by atoms with E-state index in [-0.39, 0.29) is 36.5 Å². The predicted molar refractivity (Wildman–Crippen MR) is 128 cm³/mol. The molecule has 1 unspecified atom stereocenters. The SMILES string of the molecule is CC(=O)NC1CCOc2ccc(-c3csc(NC(=O)CCC(=O)c4ccc(C)cc4)n3)cc21. The van der Waals surface area contributed by atoms with Crippen LogP contribution in [0.4, 0.5) is 5.13 Å². The second-order valence-corrected chi connectivity index (χ2v) is 8.88. The lowest BCUT2D eigenvalue weighted by Crippen LogP contribution is -2.30. The van der Waals surface area contributed by atoms with Crippen molar-refractivity contribution in [1.82, 2.24) is 10.3 Å². The molecule has 0 aliphatic carbocycles. The topological polar surface area (TPSA) is 97.4 Å². The van der Waals surface area contributed by atoms with E-state index in [4.69, 9.17) is 4.74 Å². The molecule has 7 nitrogen and oxygen atoms in total. The van der Waals surface area contributed by atoms with E-state index in [0.29, 0.717) is 23.7 Å². The van der Waals surface area contributed by atoms with Gasteiger partial charge in [-0.2, -0.15) is 0 Å². The number of nitrogens with one attached hydrogen (secondary N) is 2. The van der Waals surface area contributed by atoms with Crippen LogP contribution in [0.1, 0.15) is 53.7 Å². The van der Waals surface area contributed by atoms with Crippen molar-refractivity contribution in [3.8, 4) is 17.0 Å². The Balaban J connectivity index is 1.39. The third-order valence-corrected chi connectivity index (χ3v) is 6.18. The van der Waals surface area contributed by atoms with E-state index in [1.165, 1.54) is 18.3 Å². The monoisotopic (exact) mass is 463 g/mol. The maximum absolute atomic E-state index is 12.3. The predicted octanol–water partition coefficient (Wildman–Crippen LogP) is 4.68. The number of hydrogen-bond donors (Lipinski definition) is 2. The Morgan fingerprint density at radius 1 is 1.12 bits per heavy atom. The van der Waals surface area contributed by atoms with Crippen LogP contribution in [-0.4, -0.2) is 29.2 Å². The second kappa shape index (κ2) is 9.95. The number of amides is 2. The number of ether oxygens (including phenoxy) is 1. The van der Waals surface area contributed by atoms with Crippen LogP contribution in [0.5, 0.6) is 5.75 Å². The smallest absolute Gasteiger partial charge is 0.226 e. The molecule has 0 saturated carbocycles. The summed E-state index contributed by atoms with van der Waals surface area (Å²) in [5, 5.41) is 8.09. The molecule has 2 amide bonds. The standard InChI is InChI=1S/C25H25N3O4S/c1-15-3-5-17(6-4-15)22(30)8-10-24(31)28-25-27-21(14-33-25)18-7-9-23-19(13-18)20(11-12-32-23)26-16(2)29/h3-7,9,13-14,20H,8,10-12H2,1-2H3,(H,26,29)(H,27,28,31). The van der Waals surface area contributed by atoms with Gasteiger partial charge >= 0.3 is 0 Å². The molecule has 3 aromatic rings. The van der Waals surface area contributed by atoms with Crippen molar-refractivity contribution in [2.24, 2.45) is 0 Å². The highest BCUT2D eigenvalue weighted by Gasteiger charge is 2.23. The number of thiazole rings is 1. The molecule has 2 heterocycles. The number of hydrogen-bond acceptors (Lipinski definition) is 6. The Hall–Kier alpha value is -3.52. The molecule has 1 aliphatic heterocycles. The maximum atomic E-state index is 12.3. The number of aryl methyl sites for hydroxylation is 1. The van der Waals surface area contributed by atoms with E-state index in [0.717, 1.165) is 28.1 Å². The van der Waals surface area contributed by atoms with Gasteiger partial charge in [0.05, 0.1) is 18.3 Å². The molecule has 0 saturated heterocycles. The van der Waals surface area contributed by atoms with E-state index in [9.17, 15) is 14.4 Å². The Bertz CT molecular complexity index is 1190. The number of carbonyl (C=O) groups is 3. The van der Waals surface area contributed by atoms with E-state index >= 15 is 0 Å². The number of ketones is 1. The summed E-state index contributed by atoms with van der Waals surface area (Å²) in [6, 6.07) is 13.0. The molecule has 0 spiro atoms. The van der Waals surface area contributed by atoms with Gasteiger partial charge in [0.2, 0.25) is 11.8 Å². The molecule has 2 aromatic carbocycles. The fourth-order valence-corrected chi connectivity index (χ4v) is 4.44. The molecule has 1 aromatic heterocycles. The molecule has 1 aliphatic rings. The summed E-state index contributed by atoms with van der Waals surface area (Å²) >= 11 is 1.32. The largest absolute Gasteiger partial charge is 0.493 e. The van der Waals surface area contributed by atoms with Crippen LogP contribution in [-0.2, 0) is 9.59 Å². The first-order valence-corrected chi connectivity index (χ1v) is 11.7.